The molecular formula is C16H18FNO2. The van der Waals surface area contributed by atoms with Gasteiger partial charge in [0, 0.05) is 11.1 Å². The number of carbonyl (C=O) groups excluding carboxylic acids is 1. The number of nitrogens with one attached hydrogen (secondary N) is 1. The summed E-state index contributed by atoms with van der Waals surface area (Å²) in [5.74, 6) is 4.10. The predicted molar refractivity (Wildman–Crippen MR) is 74.7 cm³/mol. The maximum atomic E-state index is 13.8. The second-order valence-electron chi connectivity index (χ2n) is 5.10. The normalized spacial score (nSPS) is 15.8. The molecule has 0 aromatic heterocycles. The van der Waals surface area contributed by atoms with Gasteiger partial charge in [-0.15, -0.1) is 0 Å². The summed E-state index contributed by atoms with van der Waals surface area (Å²) in [4.78, 5) is 12.1. The first kappa shape index (κ1) is 14.5. The van der Waals surface area contributed by atoms with Crippen molar-refractivity contribution >= 4 is 5.91 Å². The van der Waals surface area contributed by atoms with Crippen molar-refractivity contribution in [2.24, 2.45) is 0 Å². The van der Waals surface area contributed by atoms with Crippen LogP contribution < -0.4 is 5.32 Å². The van der Waals surface area contributed by atoms with Crippen LogP contribution in [0.3, 0.4) is 0 Å². The molecule has 4 heteroatoms. The molecule has 1 aromatic rings. The predicted octanol–water partition coefficient (Wildman–Crippen LogP) is 2.23. The fourth-order valence-corrected chi connectivity index (χ4v) is 2.38. The lowest BCUT2D eigenvalue weighted by atomic mass is 9.74. The molecule has 2 N–H and O–H groups in total. The molecule has 1 aromatic carbocycles. The van der Waals surface area contributed by atoms with Crippen LogP contribution in [-0.2, 0) is 0 Å². The number of aliphatic hydroxyl groups is 1. The molecule has 106 valence electrons. The molecule has 0 atom stereocenters. The summed E-state index contributed by atoms with van der Waals surface area (Å²) in [6.45, 7) is 1.73. The fourth-order valence-electron chi connectivity index (χ4n) is 2.38. The zero-order valence-electron chi connectivity index (χ0n) is 11.5. The van der Waals surface area contributed by atoms with Crippen LogP contribution in [0.5, 0.6) is 0 Å². The van der Waals surface area contributed by atoms with E-state index in [9.17, 15) is 9.18 Å². The van der Waals surface area contributed by atoms with Gasteiger partial charge in [-0.25, -0.2) is 4.39 Å². The van der Waals surface area contributed by atoms with E-state index in [4.69, 9.17) is 5.11 Å². The first-order chi connectivity index (χ1) is 9.60. The SMILES string of the molecule is CCC1(NC(=O)c2ccc(C#CCO)c(F)c2)CCC1. The van der Waals surface area contributed by atoms with Crippen LogP contribution in [0.15, 0.2) is 18.2 Å². The van der Waals surface area contributed by atoms with Gasteiger partial charge in [-0.05, 0) is 43.9 Å². The largest absolute Gasteiger partial charge is 0.384 e. The van der Waals surface area contributed by atoms with Gasteiger partial charge in [0.2, 0.25) is 0 Å². The van der Waals surface area contributed by atoms with E-state index >= 15 is 0 Å². The van der Waals surface area contributed by atoms with Crippen molar-refractivity contribution in [3.63, 3.8) is 0 Å². The minimum atomic E-state index is -0.544. The molecule has 0 aliphatic heterocycles. The molecule has 0 saturated heterocycles. The van der Waals surface area contributed by atoms with Crippen molar-refractivity contribution in [3.8, 4) is 11.8 Å². The molecule has 1 fully saturated rings. The Hall–Kier alpha value is -1.86. The van der Waals surface area contributed by atoms with E-state index in [1.165, 1.54) is 12.1 Å². The minimum Gasteiger partial charge on any atom is -0.384 e. The van der Waals surface area contributed by atoms with Gasteiger partial charge in [0.05, 0.1) is 5.56 Å². The first-order valence-corrected chi connectivity index (χ1v) is 6.82. The van der Waals surface area contributed by atoms with Gasteiger partial charge in [-0.2, -0.15) is 0 Å². The van der Waals surface area contributed by atoms with Crippen LogP contribution in [-0.4, -0.2) is 23.2 Å². The third-order valence-corrected chi connectivity index (χ3v) is 3.90. The summed E-state index contributed by atoms with van der Waals surface area (Å²) in [6.07, 6.45) is 3.98. The highest BCUT2D eigenvalue weighted by Gasteiger charge is 2.36. The van der Waals surface area contributed by atoms with E-state index in [0.717, 1.165) is 25.7 Å². The van der Waals surface area contributed by atoms with Crippen molar-refractivity contribution in [1.82, 2.24) is 5.32 Å². The average Bonchev–Trinajstić information content (AvgIpc) is 2.41. The molecule has 1 amide bonds. The van der Waals surface area contributed by atoms with Crippen molar-refractivity contribution in [2.75, 3.05) is 6.61 Å². The fraction of sp³-hybridized carbons (Fsp3) is 0.438. The smallest absolute Gasteiger partial charge is 0.251 e. The monoisotopic (exact) mass is 275 g/mol. The zero-order chi connectivity index (χ0) is 14.6. The van der Waals surface area contributed by atoms with Gasteiger partial charge in [-0.1, -0.05) is 18.8 Å². The highest BCUT2D eigenvalue weighted by molar-refractivity contribution is 5.94. The van der Waals surface area contributed by atoms with Crippen molar-refractivity contribution in [3.05, 3.63) is 35.1 Å². The molecule has 0 unspecified atom stereocenters. The molecule has 3 nitrogen and oxygen atoms in total. The molecule has 0 heterocycles. The second kappa shape index (κ2) is 6.06. The van der Waals surface area contributed by atoms with Gasteiger partial charge in [0.15, 0.2) is 0 Å². The van der Waals surface area contributed by atoms with E-state index in [0.29, 0.717) is 5.56 Å². The Morgan fingerprint density at radius 2 is 2.25 bits per heavy atom. The maximum absolute atomic E-state index is 13.8. The Morgan fingerprint density at radius 1 is 1.50 bits per heavy atom. The summed E-state index contributed by atoms with van der Waals surface area (Å²) in [5, 5.41) is 11.6. The number of halogens is 1. The van der Waals surface area contributed by atoms with Crippen LogP contribution in [0, 0.1) is 17.7 Å². The molecule has 0 radical (unpaired) electrons. The van der Waals surface area contributed by atoms with Gasteiger partial charge in [-0.3, -0.25) is 4.79 Å². The van der Waals surface area contributed by atoms with E-state index in [1.807, 2.05) is 6.92 Å². The van der Waals surface area contributed by atoms with Crippen LogP contribution in [0.4, 0.5) is 4.39 Å². The van der Waals surface area contributed by atoms with E-state index in [2.05, 4.69) is 17.2 Å². The number of hydrogen-bond acceptors (Lipinski definition) is 2. The molecule has 1 saturated carbocycles. The van der Waals surface area contributed by atoms with Gasteiger partial charge >= 0.3 is 0 Å². The Kier molecular flexibility index (Phi) is 4.41. The van der Waals surface area contributed by atoms with Crippen LogP contribution in [0.2, 0.25) is 0 Å². The second-order valence-corrected chi connectivity index (χ2v) is 5.10. The van der Waals surface area contributed by atoms with Gasteiger partial charge in [0.1, 0.15) is 12.4 Å². The third-order valence-electron chi connectivity index (χ3n) is 3.90. The van der Waals surface area contributed by atoms with E-state index < -0.39 is 5.82 Å². The molecular weight excluding hydrogens is 257 g/mol. The van der Waals surface area contributed by atoms with Crippen molar-refractivity contribution < 1.29 is 14.3 Å². The number of rotatable bonds is 3. The highest BCUT2D eigenvalue weighted by Crippen LogP contribution is 2.34. The Morgan fingerprint density at radius 3 is 2.75 bits per heavy atom. The zero-order valence-corrected chi connectivity index (χ0v) is 11.5. The molecule has 20 heavy (non-hydrogen) atoms. The Balaban J connectivity index is 2.13. The van der Waals surface area contributed by atoms with E-state index in [-0.39, 0.29) is 23.6 Å². The van der Waals surface area contributed by atoms with Crippen LogP contribution in [0.1, 0.15) is 48.5 Å². The lowest BCUT2D eigenvalue weighted by Crippen LogP contribution is -2.52. The lowest BCUT2D eigenvalue weighted by Gasteiger charge is -2.42. The topological polar surface area (TPSA) is 49.3 Å². The van der Waals surface area contributed by atoms with Crippen LogP contribution >= 0.6 is 0 Å². The third kappa shape index (κ3) is 3.00. The summed E-state index contributed by atoms with van der Waals surface area (Å²) in [5.41, 5.74) is 0.379. The maximum Gasteiger partial charge on any atom is 0.251 e. The van der Waals surface area contributed by atoms with Gasteiger partial charge < -0.3 is 10.4 Å². The quantitative estimate of drug-likeness (QED) is 0.831. The standard InChI is InChI=1S/C16H18FNO2/c1-2-16(8-4-9-16)18-15(20)13-7-6-12(5-3-10-19)14(17)11-13/h6-7,11,19H,2,4,8-10H2,1H3,(H,18,20). The van der Waals surface area contributed by atoms with Crippen LogP contribution in [0.25, 0.3) is 0 Å². The Bertz CT molecular complexity index is 562. The summed E-state index contributed by atoms with van der Waals surface area (Å²) in [6, 6.07) is 4.22. The number of carbonyl (C=O) groups is 1. The average molecular weight is 275 g/mol. The molecule has 1 aliphatic carbocycles. The molecule has 0 spiro atoms. The minimum absolute atomic E-state index is 0.108. The number of aliphatic hydroxyl groups excluding tert-OH is 1. The van der Waals surface area contributed by atoms with E-state index in [1.54, 1.807) is 6.07 Å². The first-order valence-electron chi connectivity index (χ1n) is 6.82. The summed E-state index contributed by atoms with van der Waals surface area (Å²) < 4.78 is 13.8. The highest BCUT2D eigenvalue weighted by atomic mass is 19.1. The van der Waals surface area contributed by atoms with Gasteiger partial charge in [0.25, 0.3) is 5.91 Å². The Labute approximate surface area is 118 Å². The molecule has 1 aliphatic rings. The molecule has 0 bridgehead atoms. The number of amides is 1. The van der Waals surface area contributed by atoms with Crippen molar-refractivity contribution in [2.45, 2.75) is 38.1 Å². The lowest BCUT2D eigenvalue weighted by molar-refractivity contribution is 0.0820. The number of hydrogen-bond donors (Lipinski definition) is 2. The number of benzene rings is 1. The summed E-state index contributed by atoms with van der Waals surface area (Å²) in [7, 11) is 0. The molecule has 2 rings (SSSR count). The van der Waals surface area contributed by atoms with Crippen molar-refractivity contribution in [1.29, 1.82) is 0 Å². The summed E-state index contributed by atoms with van der Waals surface area (Å²) >= 11 is 0.